The molecule has 0 radical (unpaired) electrons. The van der Waals surface area contributed by atoms with Crippen LogP contribution in [-0.2, 0) is 9.53 Å². The first-order chi connectivity index (χ1) is 6.25. The van der Waals surface area contributed by atoms with Gasteiger partial charge in [-0.3, -0.25) is 0 Å². The minimum absolute atomic E-state index is 0.130. The van der Waals surface area contributed by atoms with Crippen LogP contribution in [0.4, 0.5) is 0 Å². The molecule has 3 nitrogen and oxygen atoms in total. The van der Waals surface area contributed by atoms with E-state index in [1.54, 1.807) is 0 Å². The van der Waals surface area contributed by atoms with Gasteiger partial charge in [0.1, 0.15) is 6.54 Å². The Morgan fingerprint density at radius 2 is 2.00 bits per heavy atom. The van der Waals surface area contributed by atoms with Gasteiger partial charge in [-0.1, -0.05) is 15.9 Å². The number of benzene rings is 1. The van der Waals surface area contributed by atoms with Crippen molar-refractivity contribution < 1.29 is 9.53 Å². The summed E-state index contributed by atoms with van der Waals surface area (Å²) in [5.74, 6) is 0.121. The molecule has 2 rings (SSSR count). The fourth-order valence-corrected chi connectivity index (χ4v) is 1.32. The van der Waals surface area contributed by atoms with Crippen molar-refractivity contribution in [1.29, 1.82) is 0 Å². The predicted octanol–water partition coefficient (Wildman–Crippen LogP) is 1.75. The summed E-state index contributed by atoms with van der Waals surface area (Å²) < 4.78 is 5.87. The molecule has 0 bridgehead atoms. The predicted molar refractivity (Wildman–Crippen MR) is 51.6 cm³/mol. The molecule has 0 amide bonds. The molecule has 66 valence electrons. The summed E-state index contributed by atoms with van der Waals surface area (Å²) in [6, 6.07) is 7.46. The smallest absolute Gasteiger partial charge is 0.334 e. The van der Waals surface area contributed by atoms with E-state index in [0.717, 1.165) is 10.0 Å². The van der Waals surface area contributed by atoms with E-state index in [0.29, 0.717) is 5.90 Å². The second-order valence-corrected chi connectivity index (χ2v) is 3.52. The molecule has 4 heteroatoms. The van der Waals surface area contributed by atoms with Crippen molar-refractivity contribution in [2.45, 2.75) is 0 Å². The molecule has 0 atom stereocenters. The number of carbonyl (C=O) groups is 1. The van der Waals surface area contributed by atoms with Crippen molar-refractivity contribution in [3.8, 4) is 0 Å². The van der Waals surface area contributed by atoms with E-state index in [4.69, 9.17) is 4.74 Å². The van der Waals surface area contributed by atoms with Crippen molar-refractivity contribution in [2.24, 2.45) is 4.99 Å². The molecular formula is C9H6BrNO2. The van der Waals surface area contributed by atoms with E-state index in [1.807, 2.05) is 24.3 Å². The Kier molecular flexibility index (Phi) is 2.14. The minimum Gasteiger partial charge on any atom is -0.406 e. The molecule has 1 heterocycles. The summed E-state index contributed by atoms with van der Waals surface area (Å²) in [6.07, 6.45) is 0. The highest BCUT2D eigenvalue weighted by atomic mass is 79.9. The van der Waals surface area contributed by atoms with Crippen molar-refractivity contribution in [3.05, 3.63) is 34.3 Å². The van der Waals surface area contributed by atoms with E-state index in [2.05, 4.69) is 20.9 Å². The van der Waals surface area contributed by atoms with Crippen molar-refractivity contribution in [2.75, 3.05) is 6.54 Å². The Morgan fingerprint density at radius 1 is 1.31 bits per heavy atom. The SMILES string of the molecule is O=C1CN=C(c2ccc(Br)cc2)O1. The van der Waals surface area contributed by atoms with Gasteiger partial charge in [0.15, 0.2) is 0 Å². The maximum Gasteiger partial charge on any atom is 0.334 e. The fraction of sp³-hybridized carbons (Fsp3) is 0.111. The zero-order valence-electron chi connectivity index (χ0n) is 6.66. The zero-order valence-corrected chi connectivity index (χ0v) is 8.24. The molecular weight excluding hydrogens is 234 g/mol. The topological polar surface area (TPSA) is 38.7 Å². The van der Waals surface area contributed by atoms with Gasteiger partial charge in [0.2, 0.25) is 5.90 Å². The lowest BCUT2D eigenvalue weighted by molar-refractivity contribution is -0.132. The molecule has 1 aliphatic heterocycles. The van der Waals surface area contributed by atoms with Crippen LogP contribution in [0.1, 0.15) is 5.56 Å². The number of hydrogen-bond acceptors (Lipinski definition) is 3. The molecule has 0 fully saturated rings. The lowest BCUT2D eigenvalue weighted by atomic mass is 10.2. The number of halogens is 1. The molecule has 0 saturated carbocycles. The molecule has 1 aliphatic rings. The second-order valence-electron chi connectivity index (χ2n) is 2.60. The Hall–Kier alpha value is -1.16. The molecule has 0 aliphatic carbocycles. The zero-order chi connectivity index (χ0) is 9.26. The average Bonchev–Trinajstić information content (AvgIpc) is 2.53. The van der Waals surface area contributed by atoms with E-state index >= 15 is 0 Å². The van der Waals surface area contributed by atoms with E-state index in [-0.39, 0.29) is 12.5 Å². The van der Waals surface area contributed by atoms with E-state index in [9.17, 15) is 4.79 Å². The number of hydrogen-bond donors (Lipinski definition) is 0. The highest BCUT2D eigenvalue weighted by Gasteiger charge is 2.17. The van der Waals surface area contributed by atoms with Gasteiger partial charge in [0, 0.05) is 10.0 Å². The van der Waals surface area contributed by atoms with Crippen LogP contribution in [0.5, 0.6) is 0 Å². The lowest BCUT2D eigenvalue weighted by Gasteiger charge is -1.98. The number of nitrogens with zero attached hydrogens (tertiary/aromatic N) is 1. The number of rotatable bonds is 1. The molecule has 0 unspecified atom stereocenters. The van der Waals surface area contributed by atoms with Gasteiger partial charge in [0.25, 0.3) is 0 Å². The third kappa shape index (κ3) is 1.78. The fourth-order valence-electron chi connectivity index (χ4n) is 1.05. The number of ether oxygens (including phenoxy) is 1. The molecule has 0 spiro atoms. The third-order valence-electron chi connectivity index (χ3n) is 1.65. The van der Waals surface area contributed by atoms with Crippen LogP contribution >= 0.6 is 15.9 Å². The van der Waals surface area contributed by atoms with E-state index < -0.39 is 0 Å². The molecule has 0 N–H and O–H groups in total. The lowest BCUT2D eigenvalue weighted by Crippen LogP contribution is -2.05. The summed E-state index contributed by atoms with van der Waals surface area (Å²) in [4.78, 5) is 14.7. The summed E-state index contributed by atoms with van der Waals surface area (Å²) in [6.45, 7) is 0.130. The second kappa shape index (κ2) is 3.30. The first kappa shape index (κ1) is 8.44. The van der Waals surface area contributed by atoms with Crippen LogP contribution in [0.2, 0.25) is 0 Å². The summed E-state index contributed by atoms with van der Waals surface area (Å²) in [7, 11) is 0. The number of carbonyl (C=O) groups excluding carboxylic acids is 1. The highest BCUT2D eigenvalue weighted by molar-refractivity contribution is 9.10. The van der Waals surface area contributed by atoms with Crippen LogP contribution in [0, 0.1) is 0 Å². The monoisotopic (exact) mass is 239 g/mol. The van der Waals surface area contributed by atoms with Gasteiger partial charge < -0.3 is 4.74 Å². The van der Waals surface area contributed by atoms with Crippen molar-refractivity contribution >= 4 is 27.8 Å². The van der Waals surface area contributed by atoms with Gasteiger partial charge in [-0.05, 0) is 24.3 Å². The van der Waals surface area contributed by atoms with E-state index in [1.165, 1.54) is 0 Å². The first-order valence-electron chi connectivity index (χ1n) is 3.77. The summed E-state index contributed by atoms with van der Waals surface area (Å²) in [5.41, 5.74) is 0.828. The molecule has 0 aromatic heterocycles. The normalized spacial score (nSPS) is 15.5. The van der Waals surface area contributed by atoms with Crippen LogP contribution in [-0.4, -0.2) is 18.4 Å². The summed E-state index contributed by atoms with van der Waals surface area (Å²) >= 11 is 3.32. The Morgan fingerprint density at radius 3 is 2.54 bits per heavy atom. The first-order valence-corrected chi connectivity index (χ1v) is 4.56. The maximum atomic E-state index is 10.7. The van der Waals surface area contributed by atoms with Gasteiger partial charge in [-0.15, -0.1) is 0 Å². The van der Waals surface area contributed by atoms with Gasteiger partial charge >= 0.3 is 5.97 Å². The Labute approximate surface area is 83.6 Å². The average molecular weight is 240 g/mol. The molecule has 0 saturated heterocycles. The van der Waals surface area contributed by atoms with Gasteiger partial charge in [0.05, 0.1) is 0 Å². The van der Waals surface area contributed by atoms with Gasteiger partial charge in [-0.2, -0.15) is 0 Å². The highest BCUT2D eigenvalue weighted by Crippen LogP contribution is 2.13. The standard InChI is InChI=1S/C9H6BrNO2/c10-7-3-1-6(2-4-7)9-11-5-8(12)13-9/h1-4H,5H2. The quantitative estimate of drug-likeness (QED) is 0.701. The molecule has 1 aromatic rings. The maximum absolute atomic E-state index is 10.7. The van der Waals surface area contributed by atoms with Crippen LogP contribution in [0.25, 0.3) is 0 Å². The minimum atomic E-state index is -0.294. The number of aliphatic imine (C=N–C) groups is 1. The molecule has 13 heavy (non-hydrogen) atoms. The summed E-state index contributed by atoms with van der Waals surface area (Å²) in [5, 5.41) is 0. The van der Waals surface area contributed by atoms with Crippen molar-refractivity contribution in [3.63, 3.8) is 0 Å². The third-order valence-corrected chi connectivity index (χ3v) is 2.18. The van der Waals surface area contributed by atoms with Crippen LogP contribution in [0.3, 0.4) is 0 Å². The number of cyclic esters (lactones) is 1. The van der Waals surface area contributed by atoms with Crippen LogP contribution < -0.4 is 0 Å². The van der Waals surface area contributed by atoms with Crippen molar-refractivity contribution in [1.82, 2.24) is 0 Å². The number of esters is 1. The Bertz CT molecular complexity index is 370. The molecule has 1 aromatic carbocycles. The van der Waals surface area contributed by atoms with Gasteiger partial charge in [-0.25, -0.2) is 9.79 Å². The van der Waals surface area contributed by atoms with Crippen LogP contribution in [0.15, 0.2) is 33.7 Å². The largest absolute Gasteiger partial charge is 0.406 e. The Balaban J connectivity index is 2.27.